The molecule has 0 radical (unpaired) electrons. The van der Waals surface area contributed by atoms with Crippen LogP contribution in [0.3, 0.4) is 0 Å². The van der Waals surface area contributed by atoms with Crippen molar-refractivity contribution in [2.45, 2.75) is 18.9 Å². The summed E-state index contributed by atoms with van der Waals surface area (Å²) >= 11 is 0. The predicted octanol–water partition coefficient (Wildman–Crippen LogP) is 2.98. The van der Waals surface area contributed by atoms with E-state index in [-0.39, 0.29) is 36.8 Å². The molecular weight excluding hydrogens is 401 g/mol. The number of urea groups is 1. The molecule has 1 fully saturated rings. The Balaban J connectivity index is 1.52. The van der Waals surface area contributed by atoms with Gasteiger partial charge in [0.1, 0.15) is 23.1 Å². The van der Waals surface area contributed by atoms with Gasteiger partial charge in [0.15, 0.2) is 0 Å². The molecule has 0 aliphatic carbocycles. The lowest BCUT2D eigenvalue weighted by molar-refractivity contribution is 0.181. The van der Waals surface area contributed by atoms with Crippen LogP contribution >= 0.6 is 0 Å². The zero-order chi connectivity index (χ0) is 21.4. The van der Waals surface area contributed by atoms with Gasteiger partial charge >= 0.3 is 11.7 Å². The van der Waals surface area contributed by atoms with Crippen LogP contribution in [0.25, 0.3) is 10.9 Å². The van der Waals surface area contributed by atoms with E-state index in [1.54, 1.807) is 0 Å². The first-order valence-electron chi connectivity index (χ1n) is 9.29. The van der Waals surface area contributed by atoms with Crippen molar-refractivity contribution in [3.8, 4) is 0 Å². The van der Waals surface area contributed by atoms with Gasteiger partial charge in [0.2, 0.25) is 0 Å². The number of likely N-dealkylation sites (tertiary alicyclic amines) is 1. The topological polar surface area (TPSA) is 87.2 Å². The fourth-order valence-electron chi connectivity index (χ4n) is 3.66. The fourth-order valence-corrected chi connectivity index (χ4v) is 3.66. The molecule has 0 saturated carbocycles. The number of fused-ring (bicyclic) bond motifs is 1. The van der Waals surface area contributed by atoms with E-state index in [0.717, 1.165) is 28.8 Å². The van der Waals surface area contributed by atoms with Crippen LogP contribution in [0.4, 0.5) is 23.7 Å². The molecule has 1 aliphatic heterocycles. The van der Waals surface area contributed by atoms with E-state index in [0.29, 0.717) is 0 Å². The molecule has 1 aliphatic rings. The molecule has 0 spiro atoms. The van der Waals surface area contributed by atoms with Gasteiger partial charge in [0.05, 0.1) is 10.9 Å². The van der Waals surface area contributed by atoms with Gasteiger partial charge < -0.3 is 15.2 Å². The largest absolute Gasteiger partial charge is 0.329 e. The smallest absolute Gasteiger partial charge is 0.324 e. The summed E-state index contributed by atoms with van der Waals surface area (Å²) in [5, 5.41) is 2.27. The van der Waals surface area contributed by atoms with E-state index in [9.17, 15) is 27.6 Å². The monoisotopic (exact) mass is 418 g/mol. The standard InChI is InChI=1S/C20H17F3N4O3/c21-11-4-5-16-13(10-11)18(28)27(20(30)24-16)12-6-8-26(9-7-12)19(29)25-17-14(22)2-1-3-15(17)23/h1-5,10,12H,6-9H2,(H,24,30)(H,25,29). The molecule has 7 nitrogen and oxygen atoms in total. The van der Waals surface area contributed by atoms with Gasteiger partial charge in [-0.25, -0.2) is 22.8 Å². The van der Waals surface area contributed by atoms with Gasteiger partial charge in [-0.15, -0.1) is 0 Å². The summed E-state index contributed by atoms with van der Waals surface area (Å²) < 4.78 is 42.0. The van der Waals surface area contributed by atoms with Crippen molar-refractivity contribution in [3.63, 3.8) is 0 Å². The quantitative estimate of drug-likeness (QED) is 0.671. The van der Waals surface area contributed by atoms with Crippen molar-refractivity contribution in [1.29, 1.82) is 0 Å². The van der Waals surface area contributed by atoms with Crippen LogP contribution in [-0.4, -0.2) is 33.6 Å². The van der Waals surface area contributed by atoms with Crippen LogP contribution in [0.2, 0.25) is 0 Å². The number of carbonyl (C=O) groups excluding carboxylic acids is 1. The molecule has 0 atom stereocenters. The van der Waals surface area contributed by atoms with Gasteiger partial charge in [-0.05, 0) is 43.2 Å². The fraction of sp³-hybridized carbons (Fsp3) is 0.250. The third-order valence-corrected chi connectivity index (χ3v) is 5.20. The zero-order valence-corrected chi connectivity index (χ0v) is 15.6. The van der Waals surface area contributed by atoms with Crippen LogP contribution in [-0.2, 0) is 0 Å². The minimum atomic E-state index is -0.889. The Morgan fingerprint density at radius 2 is 1.70 bits per heavy atom. The lowest BCUT2D eigenvalue weighted by Crippen LogP contribution is -2.46. The summed E-state index contributed by atoms with van der Waals surface area (Å²) in [4.78, 5) is 41.4. The minimum absolute atomic E-state index is 0.0600. The highest BCUT2D eigenvalue weighted by Crippen LogP contribution is 2.23. The highest BCUT2D eigenvalue weighted by atomic mass is 19.1. The van der Waals surface area contributed by atoms with Gasteiger partial charge in [-0.1, -0.05) is 6.07 Å². The van der Waals surface area contributed by atoms with Crippen molar-refractivity contribution in [2.24, 2.45) is 0 Å². The first-order valence-corrected chi connectivity index (χ1v) is 9.29. The Morgan fingerprint density at radius 1 is 1.03 bits per heavy atom. The van der Waals surface area contributed by atoms with Crippen molar-refractivity contribution >= 4 is 22.6 Å². The molecule has 2 aromatic carbocycles. The second-order valence-electron chi connectivity index (χ2n) is 7.04. The predicted molar refractivity (Wildman–Crippen MR) is 104 cm³/mol. The number of amides is 2. The molecular formula is C20H17F3N4O3. The first-order chi connectivity index (χ1) is 14.3. The number of rotatable bonds is 2. The summed E-state index contributed by atoms with van der Waals surface area (Å²) in [6, 6.07) is 5.62. The molecule has 1 saturated heterocycles. The number of para-hydroxylation sites is 1. The molecule has 2 amide bonds. The number of hydrogen-bond donors (Lipinski definition) is 2. The minimum Gasteiger partial charge on any atom is -0.324 e. The molecule has 2 heterocycles. The van der Waals surface area contributed by atoms with Crippen LogP contribution in [0, 0.1) is 17.5 Å². The Hall–Kier alpha value is -3.56. The molecule has 4 rings (SSSR count). The third kappa shape index (κ3) is 3.56. The maximum absolute atomic E-state index is 13.7. The van der Waals surface area contributed by atoms with Crippen molar-refractivity contribution in [2.75, 3.05) is 18.4 Å². The molecule has 0 unspecified atom stereocenters. The Labute approximate surface area is 167 Å². The Morgan fingerprint density at radius 3 is 2.37 bits per heavy atom. The average Bonchev–Trinajstić information content (AvgIpc) is 2.72. The highest BCUT2D eigenvalue weighted by Gasteiger charge is 2.27. The summed E-state index contributed by atoms with van der Waals surface area (Å²) in [5.74, 6) is -2.37. The number of nitrogens with one attached hydrogen (secondary N) is 2. The SMILES string of the molecule is O=C(Nc1c(F)cccc1F)N1CCC(n2c(=O)[nH]c3ccc(F)cc3c2=O)CC1. The summed E-state index contributed by atoms with van der Waals surface area (Å²) in [7, 11) is 0. The second kappa shape index (κ2) is 7.69. The van der Waals surface area contributed by atoms with Crippen molar-refractivity contribution in [3.05, 3.63) is 74.7 Å². The maximum atomic E-state index is 13.7. The number of nitrogens with zero attached hydrogens (tertiary/aromatic N) is 2. The molecule has 0 bridgehead atoms. The number of halogens is 3. The van der Waals surface area contributed by atoms with E-state index in [1.165, 1.54) is 17.0 Å². The summed E-state index contributed by atoms with van der Waals surface area (Å²) in [6.07, 6.45) is 0.550. The number of piperidine rings is 1. The Kier molecular flexibility index (Phi) is 5.06. The van der Waals surface area contributed by atoms with Crippen molar-refractivity contribution in [1.82, 2.24) is 14.5 Å². The van der Waals surface area contributed by atoms with Gasteiger partial charge in [0.25, 0.3) is 5.56 Å². The number of aromatic nitrogens is 2. The number of aromatic amines is 1. The van der Waals surface area contributed by atoms with Crippen LogP contribution in [0.5, 0.6) is 0 Å². The average molecular weight is 418 g/mol. The maximum Gasteiger partial charge on any atom is 0.329 e. The number of H-pyrrole nitrogens is 1. The second-order valence-corrected chi connectivity index (χ2v) is 7.04. The number of carbonyl (C=O) groups is 1. The molecule has 2 N–H and O–H groups in total. The van der Waals surface area contributed by atoms with Crippen molar-refractivity contribution < 1.29 is 18.0 Å². The van der Waals surface area contributed by atoms with E-state index in [1.807, 2.05) is 0 Å². The van der Waals surface area contributed by atoms with E-state index >= 15 is 0 Å². The Bertz CT molecular complexity index is 1230. The molecule has 1 aromatic heterocycles. The lowest BCUT2D eigenvalue weighted by Gasteiger charge is -2.32. The van der Waals surface area contributed by atoms with Gasteiger partial charge in [-0.3, -0.25) is 9.36 Å². The number of hydrogen-bond acceptors (Lipinski definition) is 3. The van der Waals surface area contributed by atoms with Crippen LogP contribution < -0.4 is 16.6 Å². The summed E-state index contributed by atoms with van der Waals surface area (Å²) in [5.41, 5.74) is -1.51. The normalized spacial score (nSPS) is 14.8. The molecule has 10 heteroatoms. The van der Waals surface area contributed by atoms with E-state index < -0.39 is 46.5 Å². The number of anilines is 1. The van der Waals surface area contributed by atoms with Gasteiger partial charge in [0, 0.05) is 19.1 Å². The van der Waals surface area contributed by atoms with E-state index in [4.69, 9.17) is 0 Å². The zero-order valence-electron chi connectivity index (χ0n) is 15.6. The molecule has 156 valence electrons. The lowest BCUT2D eigenvalue weighted by atomic mass is 10.0. The molecule has 30 heavy (non-hydrogen) atoms. The van der Waals surface area contributed by atoms with Crippen LogP contribution in [0.1, 0.15) is 18.9 Å². The third-order valence-electron chi connectivity index (χ3n) is 5.20. The molecule has 3 aromatic rings. The van der Waals surface area contributed by atoms with E-state index in [2.05, 4.69) is 10.3 Å². The number of benzene rings is 2. The van der Waals surface area contributed by atoms with Gasteiger partial charge in [-0.2, -0.15) is 0 Å². The van der Waals surface area contributed by atoms with Crippen LogP contribution in [0.15, 0.2) is 46.0 Å². The first kappa shape index (κ1) is 19.7. The highest BCUT2D eigenvalue weighted by molar-refractivity contribution is 5.89. The summed E-state index contributed by atoms with van der Waals surface area (Å²) in [6.45, 7) is 0.333.